The predicted octanol–water partition coefficient (Wildman–Crippen LogP) is 5.15. The number of amides is 2. The van der Waals surface area contributed by atoms with E-state index in [0.29, 0.717) is 29.5 Å². The molecule has 0 aliphatic rings. The molecule has 170 valence electrons. The molecule has 1 atom stereocenters. The zero-order valence-electron chi connectivity index (χ0n) is 18.8. The highest BCUT2D eigenvalue weighted by atomic mass is 16.5. The van der Waals surface area contributed by atoms with Gasteiger partial charge in [0.1, 0.15) is 0 Å². The SMILES string of the molecule is COc1cc(NC(=O)NC[C@@H](c2ccccc2)c2c[nH]c3ccccc23)cc(OC)c1OC. The number of carbonyl (C=O) groups excluding carboxylic acids is 1. The van der Waals surface area contributed by atoms with Crippen molar-refractivity contribution in [3.8, 4) is 17.2 Å². The molecule has 0 radical (unpaired) electrons. The number of nitrogens with one attached hydrogen (secondary N) is 3. The summed E-state index contributed by atoms with van der Waals surface area (Å²) in [6.07, 6.45) is 2.01. The number of benzene rings is 3. The number of hydrogen-bond donors (Lipinski definition) is 3. The predicted molar refractivity (Wildman–Crippen MR) is 130 cm³/mol. The minimum Gasteiger partial charge on any atom is -0.493 e. The van der Waals surface area contributed by atoms with E-state index in [-0.39, 0.29) is 11.9 Å². The van der Waals surface area contributed by atoms with Gasteiger partial charge >= 0.3 is 6.03 Å². The zero-order valence-corrected chi connectivity index (χ0v) is 18.8. The molecule has 1 heterocycles. The van der Waals surface area contributed by atoms with Crippen LogP contribution in [0.25, 0.3) is 10.9 Å². The Kier molecular flexibility index (Phi) is 6.69. The number of urea groups is 1. The van der Waals surface area contributed by atoms with Crippen molar-refractivity contribution in [3.63, 3.8) is 0 Å². The molecule has 33 heavy (non-hydrogen) atoms. The first kappa shape index (κ1) is 22.1. The molecule has 7 nitrogen and oxygen atoms in total. The number of para-hydroxylation sites is 1. The first-order chi connectivity index (χ1) is 16.1. The van der Waals surface area contributed by atoms with E-state index in [0.717, 1.165) is 22.0 Å². The van der Waals surface area contributed by atoms with Crippen LogP contribution in [0.3, 0.4) is 0 Å². The Morgan fingerprint density at radius 1 is 0.909 bits per heavy atom. The van der Waals surface area contributed by atoms with E-state index >= 15 is 0 Å². The summed E-state index contributed by atoms with van der Waals surface area (Å²) in [5.41, 5.74) is 3.85. The quantitative estimate of drug-likeness (QED) is 0.350. The van der Waals surface area contributed by atoms with Crippen LogP contribution in [0.1, 0.15) is 17.0 Å². The molecule has 3 N–H and O–H groups in total. The number of hydrogen-bond acceptors (Lipinski definition) is 4. The second-order valence-electron chi connectivity index (χ2n) is 7.50. The van der Waals surface area contributed by atoms with Crippen LogP contribution in [-0.2, 0) is 0 Å². The van der Waals surface area contributed by atoms with Gasteiger partial charge in [0.2, 0.25) is 5.75 Å². The maximum Gasteiger partial charge on any atom is 0.319 e. The largest absolute Gasteiger partial charge is 0.493 e. The molecule has 2 amide bonds. The summed E-state index contributed by atoms with van der Waals surface area (Å²) in [7, 11) is 4.61. The molecule has 0 saturated carbocycles. The number of aromatic nitrogens is 1. The fourth-order valence-electron chi connectivity index (χ4n) is 4.00. The van der Waals surface area contributed by atoms with E-state index in [4.69, 9.17) is 14.2 Å². The summed E-state index contributed by atoms with van der Waals surface area (Å²) < 4.78 is 16.1. The fraction of sp³-hybridized carbons (Fsp3) is 0.192. The maximum atomic E-state index is 12.8. The Morgan fingerprint density at radius 3 is 2.24 bits per heavy atom. The summed E-state index contributed by atoms with van der Waals surface area (Å²) in [6, 6.07) is 21.4. The molecule has 0 spiro atoms. The Hall–Kier alpha value is -4.13. The summed E-state index contributed by atoms with van der Waals surface area (Å²) in [4.78, 5) is 16.1. The van der Waals surface area contributed by atoms with Crippen molar-refractivity contribution >= 4 is 22.6 Å². The Balaban J connectivity index is 1.55. The first-order valence-corrected chi connectivity index (χ1v) is 10.6. The molecule has 0 saturated heterocycles. The third kappa shape index (κ3) is 4.72. The van der Waals surface area contributed by atoms with Crippen LogP contribution in [0.5, 0.6) is 17.2 Å². The molecular weight excluding hydrogens is 418 g/mol. The molecule has 0 aliphatic heterocycles. The van der Waals surface area contributed by atoms with E-state index in [9.17, 15) is 4.79 Å². The number of methoxy groups -OCH3 is 3. The Bertz CT molecular complexity index is 1210. The number of carbonyl (C=O) groups is 1. The van der Waals surface area contributed by atoms with Crippen LogP contribution in [0.2, 0.25) is 0 Å². The number of H-pyrrole nitrogens is 1. The van der Waals surface area contributed by atoms with Crippen LogP contribution >= 0.6 is 0 Å². The summed E-state index contributed by atoms with van der Waals surface area (Å²) in [5.74, 6) is 1.38. The van der Waals surface area contributed by atoms with Gasteiger partial charge in [-0.25, -0.2) is 4.79 Å². The number of anilines is 1. The second-order valence-corrected chi connectivity index (χ2v) is 7.50. The normalized spacial score (nSPS) is 11.6. The van der Waals surface area contributed by atoms with Crippen molar-refractivity contribution in [2.75, 3.05) is 33.2 Å². The topological polar surface area (TPSA) is 84.6 Å². The molecule has 3 aromatic carbocycles. The summed E-state index contributed by atoms with van der Waals surface area (Å²) >= 11 is 0. The highest BCUT2D eigenvalue weighted by Crippen LogP contribution is 2.40. The van der Waals surface area contributed by atoms with Crippen molar-refractivity contribution in [2.45, 2.75) is 5.92 Å². The molecule has 4 aromatic rings. The lowest BCUT2D eigenvalue weighted by Gasteiger charge is -2.19. The Labute approximate surface area is 192 Å². The molecule has 0 aliphatic carbocycles. The average molecular weight is 446 g/mol. The van der Waals surface area contributed by atoms with Crippen LogP contribution in [-0.4, -0.2) is 38.9 Å². The number of rotatable bonds is 8. The number of aromatic amines is 1. The Morgan fingerprint density at radius 2 is 1.58 bits per heavy atom. The van der Waals surface area contributed by atoms with E-state index in [1.807, 2.05) is 42.6 Å². The molecule has 0 bridgehead atoms. The number of fused-ring (bicyclic) bond motifs is 1. The van der Waals surface area contributed by atoms with E-state index in [1.165, 1.54) is 21.3 Å². The van der Waals surface area contributed by atoms with Gasteiger partial charge in [-0.15, -0.1) is 0 Å². The maximum absolute atomic E-state index is 12.8. The molecule has 0 unspecified atom stereocenters. The smallest absolute Gasteiger partial charge is 0.319 e. The van der Waals surface area contributed by atoms with Crippen molar-refractivity contribution in [2.24, 2.45) is 0 Å². The van der Waals surface area contributed by atoms with E-state index < -0.39 is 0 Å². The van der Waals surface area contributed by atoms with Crippen molar-refractivity contribution in [1.29, 1.82) is 0 Å². The van der Waals surface area contributed by atoms with Gasteiger partial charge in [-0.05, 0) is 17.2 Å². The standard InChI is InChI=1S/C26H27N3O4/c1-31-23-13-18(14-24(32-2)25(23)33-3)29-26(30)28-15-20(17-9-5-4-6-10-17)21-16-27-22-12-8-7-11-19(21)22/h4-14,16,20,27H,15H2,1-3H3,(H2,28,29,30)/t20-/m0/s1. The lowest BCUT2D eigenvalue weighted by Crippen LogP contribution is -2.32. The van der Waals surface area contributed by atoms with Crippen LogP contribution in [0.15, 0.2) is 72.9 Å². The monoisotopic (exact) mass is 445 g/mol. The molecule has 0 fully saturated rings. The third-order valence-electron chi connectivity index (χ3n) is 5.59. The van der Waals surface area contributed by atoms with Gasteiger partial charge in [-0.1, -0.05) is 48.5 Å². The lowest BCUT2D eigenvalue weighted by atomic mass is 9.91. The average Bonchev–Trinajstić information content (AvgIpc) is 3.28. The summed E-state index contributed by atoms with van der Waals surface area (Å²) in [5, 5.41) is 7.01. The zero-order chi connectivity index (χ0) is 23.2. The van der Waals surface area contributed by atoms with Crippen molar-refractivity contribution in [1.82, 2.24) is 10.3 Å². The second kappa shape index (κ2) is 9.99. The highest BCUT2D eigenvalue weighted by molar-refractivity contribution is 5.90. The van der Waals surface area contributed by atoms with Gasteiger partial charge in [0.05, 0.1) is 27.0 Å². The third-order valence-corrected chi connectivity index (χ3v) is 5.59. The van der Waals surface area contributed by atoms with Crippen molar-refractivity contribution < 1.29 is 19.0 Å². The van der Waals surface area contributed by atoms with Crippen LogP contribution in [0.4, 0.5) is 10.5 Å². The van der Waals surface area contributed by atoms with E-state index in [1.54, 1.807) is 12.1 Å². The molecule has 1 aromatic heterocycles. The lowest BCUT2D eigenvalue weighted by molar-refractivity contribution is 0.252. The highest BCUT2D eigenvalue weighted by Gasteiger charge is 2.20. The van der Waals surface area contributed by atoms with Crippen molar-refractivity contribution in [3.05, 3.63) is 84.1 Å². The van der Waals surface area contributed by atoms with Gasteiger partial charge in [0, 0.05) is 41.7 Å². The van der Waals surface area contributed by atoms with Gasteiger partial charge in [-0.2, -0.15) is 0 Å². The van der Waals surface area contributed by atoms with E-state index in [2.05, 4.69) is 33.8 Å². The van der Waals surface area contributed by atoms with Crippen LogP contribution in [0, 0.1) is 0 Å². The minimum absolute atomic E-state index is 0.0203. The van der Waals surface area contributed by atoms with Gasteiger partial charge < -0.3 is 29.8 Å². The first-order valence-electron chi connectivity index (χ1n) is 10.6. The van der Waals surface area contributed by atoms with Crippen LogP contribution < -0.4 is 24.8 Å². The fourth-order valence-corrected chi connectivity index (χ4v) is 4.00. The summed E-state index contributed by atoms with van der Waals surface area (Å²) in [6.45, 7) is 0.419. The minimum atomic E-state index is -0.329. The number of ether oxygens (including phenoxy) is 3. The molecular formula is C26H27N3O4. The van der Waals surface area contributed by atoms with Gasteiger partial charge in [0.25, 0.3) is 0 Å². The van der Waals surface area contributed by atoms with Gasteiger partial charge in [-0.3, -0.25) is 0 Å². The van der Waals surface area contributed by atoms with Gasteiger partial charge in [0.15, 0.2) is 11.5 Å². The molecule has 7 heteroatoms. The molecule has 4 rings (SSSR count).